The van der Waals surface area contributed by atoms with Gasteiger partial charge in [-0.05, 0) is 12.8 Å². The van der Waals surface area contributed by atoms with Gasteiger partial charge in [0.1, 0.15) is 5.82 Å². The molecule has 0 unspecified atom stereocenters. The molecule has 1 aliphatic rings. The monoisotopic (exact) mass is 290 g/mol. The molecule has 1 heterocycles. The summed E-state index contributed by atoms with van der Waals surface area (Å²) in [5, 5.41) is 20.2. The van der Waals surface area contributed by atoms with Crippen LogP contribution < -0.4 is 0 Å². The Hall–Kier alpha value is -1.89. The Kier molecular flexibility index (Phi) is 3.43. The second-order valence-electron chi connectivity index (χ2n) is 4.85. The van der Waals surface area contributed by atoms with Crippen LogP contribution in [-0.4, -0.2) is 19.7 Å². The van der Waals surface area contributed by atoms with Crippen molar-refractivity contribution in [3.8, 4) is 0 Å². The lowest BCUT2D eigenvalue weighted by atomic mass is 10.2. The highest BCUT2D eigenvalue weighted by Gasteiger charge is 2.29. The van der Waals surface area contributed by atoms with Gasteiger partial charge in [0, 0.05) is 30.3 Å². The summed E-state index contributed by atoms with van der Waals surface area (Å²) in [5.41, 5.74) is 0.864. The van der Waals surface area contributed by atoms with Gasteiger partial charge in [-0.3, -0.25) is 10.1 Å². The first-order valence-electron chi connectivity index (χ1n) is 6.41. The van der Waals surface area contributed by atoms with Crippen molar-refractivity contribution in [2.45, 2.75) is 29.7 Å². The van der Waals surface area contributed by atoms with Gasteiger partial charge in [-0.2, -0.15) is 0 Å². The quantitative estimate of drug-likeness (QED) is 0.481. The molecule has 2 aromatic rings. The lowest BCUT2D eigenvalue weighted by Gasteiger charge is -2.03. The number of thioether (sulfide) groups is 1. The van der Waals surface area contributed by atoms with Crippen LogP contribution in [0.3, 0.4) is 0 Å². The Bertz CT molecular complexity index is 652. The molecule has 0 N–H and O–H groups in total. The molecule has 6 nitrogen and oxygen atoms in total. The summed E-state index contributed by atoms with van der Waals surface area (Å²) in [6, 6.07) is 6.81. The zero-order valence-corrected chi connectivity index (χ0v) is 11.8. The SMILES string of the molecule is Cn1c(SCc2ccccc2[N+](=O)[O-])nnc1C1CC1. The van der Waals surface area contributed by atoms with Gasteiger partial charge in [0.25, 0.3) is 5.69 Å². The minimum Gasteiger partial charge on any atom is -0.309 e. The van der Waals surface area contributed by atoms with Crippen molar-refractivity contribution in [2.75, 3.05) is 0 Å². The molecule has 20 heavy (non-hydrogen) atoms. The maximum atomic E-state index is 11.0. The molecule has 0 aliphatic heterocycles. The largest absolute Gasteiger partial charge is 0.309 e. The zero-order chi connectivity index (χ0) is 14.1. The highest BCUT2D eigenvalue weighted by Crippen LogP contribution is 2.39. The van der Waals surface area contributed by atoms with Gasteiger partial charge in [-0.15, -0.1) is 10.2 Å². The zero-order valence-electron chi connectivity index (χ0n) is 11.0. The van der Waals surface area contributed by atoms with Crippen LogP contribution in [0.1, 0.15) is 30.1 Å². The van der Waals surface area contributed by atoms with Crippen molar-refractivity contribution in [3.05, 3.63) is 45.8 Å². The number of nitro benzene ring substituents is 1. The summed E-state index contributed by atoms with van der Waals surface area (Å²) >= 11 is 1.48. The minimum absolute atomic E-state index is 0.157. The van der Waals surface area contributed by atoms with Crippen LogP contribution in [0.25, 0.3) is 0 Å². The number of benzene rings is 1. The van der Waals surface area contributed by atoms with Gasteiger partial charge in [0.2, 0.25) is 0 Å². The van der Waals surface area contributed by atoms with Crippen LogP contribution in [0.2, 0.25) is 0 Å². The number of hydrogen-bond donors (Lipinski definition) is 0. The van der Waals surface area contributed by atoms with Crippen LogP contribution >= 0.6 is 11.8 Å². The fraction of sp³-hybridized carbons (Fsp3) is 0.385. The number of nitro groups is 1. The molecule has 7 heteroatoms. The molecule has 0 amide bonds. The molecule has 0 atom stereocenters. The second-order valence-corrected chi connectivity index (χ2v) is 5.79. The van der Waals surface area contributed by atoms with E-state index in [0.29, 0.717) is 17.2 Å². The normalized spacial score (nSPS) is 14.4. The van der Waals surface area contributed by atoms with E-state index < -0.39 is 0 Å². The third kappa shape index (κ3) is 2.53. The first kappa shape index (κ1) is 13.1. The standard InChI is InChI=1S/C13H14N4O2S/c1-16-12(9-6-7-9)14-15-13(16)20-8-10-4-2-3-5-11(10)17(18)19/h2-5,9H,6-8H2,1H3. The average Bonchev–Trinajstić information content (AvgIpc) is 3.21. The summed E-state index contributed by atoms with van der Waals surface area (Å²) in [7, 11) is 1.95. The maximum absolute atomic E-state index is 11.0. The molecule has 3 rings (SSSR count). The van der Waals surface area contributed by atoms with Crippen LogP contribution in [0, 0.1) is 10.1 Å². The molecule has 0 radical (unpaired) electrons. The number of aromatic nitrogens is 3. The Labute approximate surface area is 120 Å². The lowest BCUT2D eigenvalue weighted by molar-refractivity contribution is -0.385. The Morgan fingerprint density at radius 1 is 1.40 bits per heavy atom. The van der Waals surface area contributed by atoms with Crippen molar-refractivity contribution in [1.29, 1.82) is 0 Å². The number of para-hydroxylation sites is 1. The number of hydrogen-bond acceptors (Lipinski definition) is 5. The summed E-state index contributed by atoms with van der Waals surface area (Å²) in [5.74, 6) is 2.09. The van der Waals surface area contributed by atoms with Gasteiger partial charge in [0.15, 0.2) is 5.16 Å². The fourth-order valence-electron chi connectivity index (χ4n) is 2.10. The van der Waals surface area contributed by atoms with E-state index in [1.165, 1.54) is 30.7 Å². The van der Waals surface area contributed by atoms with Crippen molar-refractivity contribution in [1.82, 2.24) is 14.8 Å². The molecule has 0 saturated heterocycles. The molecule has 1 saturated carbocycles. The molecule has 1 aliphatic carbocycles. The van der Waals surface area contributed by atoms with Gasteiger partial charge >= 0.3 is 0 Å². The minimum atomic E-state index is -0.345. The smallest absolute Gasteiger partial charge is 0.273 e. The van der Waals surface area contributed by atoms with E-state index in [1.807, 2.05) is 17.7 Å². The first-order chi connectivity index (χ1) is 9.66. The number of nitrogens with zero attached hydrogens (tertiary/aromatic N) is 4. The van der Waals surface area contributed by atoms with E-state index in [1.54, 1.807) is 12.1 Å². The van der Waals surface area contributed by atoms with Crippen molar-refractivity contribution >= 4 is 17.4 Å². The molecule has 1 aromatic carbocycles. The van der Waals surface area contributed by atoms with E-state index >= 15 is 0 Å². The van der Waals surface area contributed by atoms with Crippen LogP contribution in [0.5, 0.6) is 0 Å². The Morgan fingerprint density at radius 2 is 2.15 bits per heavy atom. The Balaban J connectivity index is 1.75. The average molecular weight is 290 g/mol. The summed E-state index contributed by atoms with van der Waals surface area (Å²) in [4.78, 5) is 10.6. The maximum Gasteiger partial charge on any atom is 0.273 e. The van der Waals surface area contributed by atoms with Gasteiger partial charge in [0.05, 0.1) is 4.92 Å². The topological polar surface area (TPSA) is 73.8 Å². The van der Waals surface area contributed by atoms with E-state index in [4.69, 9.17) is 0 Å². The number of rotatable bonds is 5. The first-order valence-corrected chi connectivity index (χ1v) is 7.39. The summed E-state index contributed by atoms with van der Waals surface area (Å²) < 4.78 is 2.00. The van der Waals surface area contributed by atoms with E-state index in [9.17, 15) is 10.1 Å². The summed E-state index contributed by atoms with van der Waals surface area (Å²) in [6.45, 7) is 0. The highest BCUT2D eigenvalue weighted by atomic mass is 32.2. The fourth-order valence-corrected chi connectivity index (χ4v) is 3.02. The molecular weight excluding hydrogens is 276 g/mol. The van der Waals surface area contributed by atoms with Gasteiger partial charge in [-0.1, -0.05) is 30.0 Å². The molecule has 0 bridgehead atoms. The molecule has 1 fully saturated rings. The van der Waals surface area contributed by atoms with E-state index in [2.05, 4.69) is 10.2 Å². The van der Waals surface area contributed by atoms with Crippen molar-refractivity contribution in [2.24, 2.45) is 7.05 Å². The second kappa shape index (κ2) is 5.24. The van der Waals surface area contributed by atoms with Crippen molar-refractivity contribution in [3.63, 3.8) is 0 Å². The van der Waals surface area contributed by atoms with Gasteiger partial charge in [-0.25, -0.2) is 0 Å². The van der Waals surface area contributed by atoms with Crippen molar-refractivity contribution < 1.29 is 4.92 Å². The van der Waals surface area contributed by atoms with Crippen LogP contribution in [0.15, 0.2) is 29.4 Å². The highest BCUT2D eigenvalue weighted by molar-refractivity contribution is 7.98. The Morgan fingerprint density at radius 3 is 2.85 bits per heavy atom. The lowest BCUT2D eigenvalue weighted by Crippen LogP contribution is -1.98. The van der Waals surface area contributed by atoms with E-state index in [0.717, 1.165) is 11.0 Å². The molecule has 0 spiro atoms. The summed E-state index contributed by atoms with van der Waals surface area (Å²) in [6.07, 6.45) is 2.36. The third-order valence-electron chi connectivity index (χ3n) is 3.36. The van der Waals surface area contributed by atoms with E-state index in [-0.39, 0.29) is 10.6 Å². The van der Waals surface area contributed by atoms with Crippen LogP contribution in [0.4, 0.5) is 5.69 Å². The molecule has 104 valence electrons. The van der Waals surface area contributed by atoms with Crippen LogP contribution in [-0.2, 0) is 12.8 Å². The predicted octanol–water partition coefficient (Wildman–Crippen LogP) is 2.89. The molecular formula is C13H14N4O2S. The predicted molar refractivity (Wildman–Crippen MR) is 75.6 cm³/mol. The van der Waals surface area contributed by atoms with Gasteiger partial charge < -0.3 is 4.57 Å². The third-order valence-corrected chi connectivity index (χ3v) is 4.43. The molecule has 1 aromatic heterocycles.